The van der Waals surface area contributed by atoms with E-state index in [-0.39, 0.29) is 13.2 Å². The average molecular weight is 359 g/mol. The molecule has 1 amide bonds. The third kappa shape index (κ3) is 4.20. The number of sulfone groups is 1. The number of amides is 1. The second-order valence-corrected chi connectivity index (χ2v) is 8.34. The Labute approximate surface area is 148 Å². The lowest BCUT2D eigenvalue weighted by Gasteiger charge is -2.31. The first-order valence-electron chi connectivity index (χ1n) is 8.32. The molecule has 1 fully saturated rings. The van der Waals surface area contributed by atoms with E-state index < -0.39 is 21.2 Å². The molecule has 0 spiro atoms. The zero-order chi connectivity index (χ0) is 17.7. The average Bonchev–Trinajstić information content (AvgIpc) is 2.67. The van der Waals surface area contributed by atoms with Gasteiger partial charge in [-0.15, -0.1) is 0 Å². The Morgan fingerprint density at radius 1 is 1.04 bits per heavy atom. The Bertz CT molecular complexity index is 806. The molecule has 0 bridgehead atoms. The number of likely N-dealkylation sites (tertiary alicyclic amines) is 1. The van der Waals surface area contributed by atoms with Crippen LogP contribution in [-0.4, -0.2) is 37.8 Å². The van der Waals surface area contributed by atoms with E-state index in [2.05, 4.69) is 0 Å². The monoisotopic (exact) mass is 359 g/mol. The summed E-state index contributed by atoms with van der Waals surface area (Å²) >= 11 is 0. The fourth-order valence-electron chi connectivity index (χ4n) is 2.97. The smallest absolute Gasteiger partial charge is 0.410 e. The van der Waals surface area contributed by atoms with Gasteiger partial charge in [-0.05, 0) is 30.5 Å². The van der Waals surface area contributed by atoms with Crippen molar-refractivity contribution in [1.29, 1.82) is 0 Å². The van der Waals surface area contributed by atoms with Gasteiger partial charge in [0, 0.05) is 13.1 Å². The maximum absolute atomic E-state index is 12.8. The van der Waals surface area contributed by atoms with E-state index in [1.54, 1.807) is 30.3 Å². The number of rotatable bonds is 4. The van der Waals surface area contributed by atoms with Crippen molar-refractivity contribution in [2.45, 2.75) is 29.6 Å². The minimum atomic E-state index is -3.45. The van der Waals surface area contributed by atoms with Crippen molar-refractivity contribution in [3.63, 3.8) is 0 Å². The van der Waals surface area contributed by atoms with E-state index in [1.165, 1.54) is 4.90 Å². The van der Waals surface area contributed by atoms with Crippen molar-refractivity contribution in [3.05, 3.63) is 66.2 Å². The normalized spacial score (nSPS) is 17.9. The largest absolute Gasteiger partial charge is 0.445 e. The summed E-state index contributed by atoms with van der Waals surface area (Å²) in [5, 5.41) is -0.590. The molecule has 0 N–H and O–H groups in total. The predicted molar refractivity (Wildman–Crippen MR) is 94.8 cm³/mol. The van der Waals surface area contributed by atoms with Gasteiger partial charge in [-0.2, -0.15) is 0 Å². The second kappa shape index (κ2) is 7.70. The van der Waals surface area contributed by atoms with Gasteiger partial charge in [-0.25, -0.2) is 13.2 Å². The Morgan fingerprint density at radius 2 is 1.68 bits per heavy atom. The number of hydrogen-bond donors (Lipinski definition) is 0. The lowest BCUT2D eigenvalue weighted by atomic mass is 10.1. The number of piperidine rings is 1. The van der Waals surface area contributed by atoms with Crippen LogP contribution >= 0.6 is 0 Å². The van der Waals surface area contributed by atoms with Crippen molar-refractivity contribution in [1.82, 2.24) is 4.90 Å². The first-order chi connectivity index (χ1) is 12.1. The van der Waals surface area contributed by atoms with Crippen LogP contribution in [0.1, 0.15) is 18.4 Å². The van der Waals surface area contributed by atoms with Crippen molar-refractivity contribution < 1.29 is 17.9 Å². The summed E-state index contributed by atoms with van der Waals surface area (Å²) in [6.45, 7) is 0.881. The van der Waals surface area contributed by atoms with E-state index in [4.69, 9.17) is 4.74 Å². The molecular weight excluding hydrogens is 338 g/mol. The van der Waals surface area contributed by atoms with Gasteiger partial charge >= 0.3 is 6.09 Å². The quantitative estimate of drug-likeness (QED) is 0.840. The maximum Gasteiger partial charge on any atom is 0.410 e. The molecule has 1 heterocycles. The molecule has 0 aliphatic carbocycles. The minimum Gasteiger partial charge on any atom is -0.445 e. The van der Waals surface area contributed by atoms with Crippen molar-refractivity contribution in [2.75, 3.05) is 13.1 Å². The topological polar surface area (TPSA) is 63.7 Å². The first kappa shape index (κ1) is 17.5. The van der Waals surface area contributed by atoms with Crippen LogP contribution in [0.2, 0.25) is 0 Å². The number of benzene rings is 2. The zero-order valence-corrected chi connectivity index (χ0v) is 14.7. The highest BCUT2D eigenvalue weighted by Crippen LogP contribution is 2.24. The molecule has 3 rings (SSSR count). The van der Waals surface area contributed by atoms with Crippen LogP contribution in [0.25, 0.3) is 0 Å². The molecule has 5 nitrogen and oxygen atoms in total. The van der Waals surface area contributed by atoms with Gasteiger partial charge < -0.3 is 9.64 Å². The summed E-state index contributed by atoms with van der Waals surface area (Å²) in [6, 6.07) is 17.8. The Morgan fingerprint density at radius 3 is 2.36 bits per heavy atom. The predicted octanol–water partition coefficient (Wildman–Crippen LogP) is 3.26. The maximum atomic E-state index is 12.8. The Kier molecular flexibility index (Phi) is 5.38. The Hall–Kier alpha value is -2.34. The molecule has 0 aromatic heterocycles. The van der Waals surface area contributed by atoms with Gasteiger partial charge in [0.25, 0.3) is 0 Å². The van der Waals surface area contributed by atoms with E-state index >= 15 is 0 Å². The minimum absolute atomic E-state index is 0.171. The Balaban J connectivity index is 1.64. The van der Waals surface area contributed by atoms with Crippen LogP contribution in [-0.2, 0) is 21.2 Å². The third-order valence-corrected chi connectivity index (χ3v) is 6.54. The lowest BCUT2D eigenvalue weighted by molar-refractivity contribution is 0.0899. The SMILES string of the molecule is O=C(OCc1ccccc1)N1CCCC(S(=O)(=O)c2ccccc2)C1. The molecule has 1 saturated heterocycles. The second-order valence-electron chi connectivity index (χ2n) is 6.11. The van der Waals surface area contributed by atoms with Crippen LogP contribution in [0, 0.1) is 0 Å². The van der Waals surface area contributed by atoms with Crippen LogP contribution in [0.15, 0.2) is 65.6 Å². The van der Waals surface area contributed by atoms with Crippen molar-refractivity contribution in [3.8, 4) is 0 Å². The summed E-state index contributed by atoms with van der Waals surface area (Å²) in [5.74, 6) is 0. The van der Waals surface area contributed by atoms with E-state index in [9.17, 15) is 13.2 Å². The molecule has 1 unspecified atom stereocenters. The highest BCUT2D eigenvalue weighted by atomic mass is 32.2. The van der Waals surface area contributed by atoms with Gasteiger partial charge in [0.05, 0.1) is 10.1 Å². The molecule has 6 heteroatoms. The molecule has 1 aliphatic heterocycles. The van der Waals surface area contributed by atoms with Crippen LogP contribution < -0.4 is 0 Å². The van der Waals surface area contributed by atoms with E-state index in [0.717, 1.165) is 5.56 Å². The van der Waals surface area contributed by atoms with Gasteiger partial charge in [0.15, 0.2) is 9.84 Å². The van der Waals surface area contributed by atoms with Gasteiger partial charge in [-0.1, -0.05) is 48.5 Å². The molecule has 0 saturated carbocycles. The summed E-state index contributed by atoms with van der Waals surface area (Å²) in [4.78, 5) is 14.1. The molecule has 1 aliphatic rings. The molecule has 132 valence electrons. The van der Waals surface area contributed by atoms with Crippen molar-refractivity contribution >= 4 is 15.9 Å². The summed E-state index contributed by atoms with van der Waals surface area (Å²) in [5.41, 5.74) is 0.904. The van der Waals surface area contributed by atoms with Crippen LogP contribution in [0.4, 0.5) is 4.79 Å². The standard InChI is InChI=1S/C19H21NO4S/c21-19(24-15-16-8-3-1-4-9-16)20-13-7-12-18(14-20)25(22,23)17-10-5-2-6-11-17/h1-6,8-11,18H,7,12-15H2. The van der Waals surface area contributed by atoms with E-state index in [0.29, 0.717) is 24.3 Å². The molecule has 2 aromatic rings. The highest BCUT2D eigenvalue weighted by Gasteiger charge is 2.34. The molecular formula is C19H21NO4S. The number of hydrogen-bond acceptors (Lipinski definition) is 4. The molecule has 2 aromatic carbocycles. The van der Waals surface area contributed by atoms with Gasteiger partial charge in [-0.3, -0.25) is 0 Å². The van der Waals surface area contributed by atoms with Gasteiger partial charge in [0.1, 0.15) is 6.61 Å². The third-order valence-electron chi connectivity index (χ3n) is 4.35. The molecule has 25 heavy (non-hydrogen) atoms. The highest BCUT2D eigenvalue weighted by molar-refractivity contribution is 7.92. The van der Waals surface area contributed by atoms with Crippen LogP contribution in [0.3, 0.4) is 0 Å². The summed E-state index contributed by atoms with van der Waals surface area (Å²) < 4.78 is 30.8. The number of carbonyl (C=O) groups excluding carboxylic acids is 1. The number of ether oxygens (including phenoxy) is 1. The molecule has 1 atom stereocenters. The van der Waals surface area contributed by atoms with Crippen molar-refractivity contribution in [2.24, 2.45) is 0 Å². The first-order valence-corrected chi connectivity index (χ1v) is 9.86. The fraction of sp³-hybridized carbons (Fsp3) is 0.316. The fourth-order valence-corrected chi connectivity index (χ4v) is 4.75. The summed E-state index contributed by atoms with van der Waals surface area (Å²) in [6.07, 6.45) is 0.744. The molecule has 0 radical (unpaired) electrons. The number of nitrogens with zero attached hydrogens (tertiary/aromatic N) is 1. The van der Waals surface area contributed by atoms with Crippen LogP contribution in [0.5, 0.6) is 0 Å². The number of carbonyl (C=O) groups is 1. The van der Waals surface area contributed by atoms with Gasteiger partial charge in [0.2, 0.25) is 0 Å². The van der Waals surface area contributed by atoms with E-state index in [1.807, 2.05) is 30.3 Å². The zero-order valence-electron chi connectivity index (χ0n) is 13.9. The lowest BCUT2D eigenvalue weighted by Crippen LogP contribution is -2.45. The summed E-state index contributed by atoms with van der Waals surface area (Å²) in [7, 11) is -3.45.